The lowest BCUT2D eigenvalue weighted by molar-refractivity contribution is -0.187. The van der Waals surface area contributed by atoms with E-state index < -0.39 is 12.2 Å². The van der Waals surface area contributed by atoms with Crippen molar-refractivity contribution in [1.82, 2.24) is 10.2 Å². The molecule has 0 unspecified atom stereocenters. The predicted molar refractivity (Wildman–Crippen MR) is 84.2 cm³/mol. The van der Waals surface area contributed by atoms with E-state index in [1.807, 2.05) is 0 Å². The van der Waals surface area contributed by atoms with Crippen LogP contribution < -0.4 is 5.32 Å². The van der Waals surface area contributed by atoms with E-state index >= 15 is 0 Å². The van der Waals surface area contributed by atoms with Crippen LogP contribution in [0.2, 0.25) is 10.0 Å². The number of hydrogen-bond donors (Lipinski definition) is 1. The Hall–Kier alpha value is 0.0900. The number of nitrogens with one attached hydrogen (secondary N) is 1. The van der Waals surface area contributed by atoms with E-state index in [1.54, 1.807) is 0 Å². The maximum atomic E-state index is 13.3. The van der Waals surface area contributed by atoms with Crippen molar-refractivity contribution in [3.8, 4) is 0 Å². The fraction of sp³-hybridized carbons (Fsp3) is 0.500. The van der Waals surface area contributed by atoms with Crippen molar-refractivity contribution in [2.45, 2.75) is 12.2 Å². The van der Waals surface area contributed by atoms with E-state index in [-0.39, 0.29) is 40.4 Å². The van der Waals surface area contributed by atoms with Gasteiger partial charge in [0.25, 0.3) is 0 Å². The van der Waals surface area contributed by atoms with E-state index in [0.717, 1.165) is 0 Å². The number of nitrogens with zero attached hydrogens (tertiary/aromatic N) is 1. The van der Waals surface area contributed by atoms with Gasteiger partial charge in [-0.05, 0) is 23.8 Å². The second-order valence-electron chi connectivity index (χ2n) is 4.43. The van der Waals surface area contributed by atoms with Crippen molar-refractivity contribution in [3.05, 3.63) is 33.8 Å². The number of rotatable bonds is 2. The van der Waals surface area contributed by atoms with Crippen LogP contribution in [-0.4, -0.2) is 37.3 Å². The highest BCUT2D eigenvalue weighted by Gasteiger charge is 2.45. The number of hydrogen-bond acceptors (Lipinski definition) is 2. The standard InChI is InChI=1S/C12H13Cl2F3N2.2ClH/c13-9-5-8(6-10(14)7-9)11(12(15,16)17)19-3-1-18-2-4-19;;/h5-7,11,18H,1-4H2;2*1H/t11-;;/m1../s1. The van der Waals surface area contributed by atoms with Crippen LogP contribution in [-0.2, 0) is 0 Å². The molecule has 0 bridgehead atoms. The molecule has 0 spiro atoms. The molecule has 1 atom stereocenters. The molecule has 0 aliphatic carbocycles. The van der Waals surface area contributed by atoms with E-state index in [9.17, 15) is 13.2 Å². The summed E-state index contributed by atoms with van der Waals surface area (Å²) in [7, 11) is 0. The van der Waals surface area contributed by atoms with Crippen molar-refractivity contribution < 1.29 is 13.2 Å². The Morgan fingerprint density at radius 2 is 1.48 bits per heavy atom. The van der Waals surface area contributed by atoms with Crippen LogP contribution in [0.5, 0.6) is 0 Å². The molecule has 1 aliphatic heterocycles. The molecule has 2 rings (SSSR count). The Morgan fingerprint density at radius 3 is 1.90 bits per heavy atom. The number of piperazine rings is 1. The first kappa shape index (κ1) is 21.1. The Kier molecular flexibility index (Phi) is 8.69. The minimum Gasteiger partial charge on any atom is -0.314 e. The van der Waals surface area contributed by atoms with Crippen LogP contribution in [0.4, 0.5) is 13.2 Å². The zero-order valence-electron chi connectivity index (χ0n) is 10.8. The third-order valence-corrected chi connectivity index (χ3v) is 3.46. The highest BCUT2D eigenvalue weighted by molar-refractivity contribution is 6.34. The summed E-state index contributed by atoms with van der Waals surface area (Å²) in [5.74, 6) is 0. The predicted octanol–water partition coefficient (Wildman–Crippen LogP) is 4.35. The minimum absolute atomic E-state index is 0. The van der Waals surface area contributed by atoms with Gasteiger partial charge in [0, 0.05) is 36.2 Å². The topological polar surface area (TPSA) is 15.3 Å². The van der Waals surface area contributed by atoms with Gasteiger partial charge >= 0.3 is 6.18 Å². The smallest absolute Gasteiger partial charge is 0.314 e. The van der Waals surface area contributed by atoms with Gasteiger partial charge in [-0.3, -0.25) is 4.90 Å². The maximum Gasteiger partial charge on any atom is 0.408 e. The lowest BCUT2D eigenvalue weighted by atomic mass is 10.0. The molecule has 0 saturated carbocycles. The zero-order valence-corrected chi connectivity index (χ0v) is 13.9. The molecule has 122 valence electrons. The fourth-order valence-corrected chi connectivity index (χ4v) is 2.82. The molecule has 0 amide bonds. The third-order valence-electron chi connectivity index (χ3n) is 3.03. The van der Waals surface area contributed by atoms with Gasteiger partial charge in [0.15, 0.2) is 0 Å². The SMILES string of the molecule is Cl.Cl.FC(F)(F)[C@@H](c1cc(Cl)cc(Cl)c1)N1CCNCC1. The molecule has 0 radical (unpaired) electrons. The van der Waals surface area contributed by atoms with E-state index in [2.05, 4.69) is 5.32 Å². The van der Waals surface area contributed by atoms with Gasteiger partial charge in [-0.25, -0.2) is 0 Å². The van der Waals surface area contributed by atoms with Gasteiger partial charge in [-0.15, -0.1) is 24.8 Å². The molecule has 1 fully saturated rings. The summed E-state index contributed by atoms with van der Waals surface area (Å²) in [5, 5.41) is 3.46. The van der Waals surface area contributed by atoms with Crippen molar-refractivity contribution in [3.63, 3.8) is 0 Å². The van der Waals surface area contributed by atoms with Crippen LogP contribution in [0.25, 0.3) is 0 Å². The normalized spacial score (nSPS) is 17.6. The molecule has 2 nitrogen and oxygen atoms in total. The quantitative estimate of drug-likeness (QED) is 0.814. The highest BCUT2D eigenvalue weighted by atomic mass is 35.5. The Labute approximate surface area is 143 Å². The van der Waals surface area contributed by atoms with Gasteiger partial charge in [-0.2, -0.15) is 13.2 Å². The van der Waals surface area contributed by atoms with Crippen LogP contribution in [0.1, 0.15) is 11.6 Å². The Balaban J connectivity index is 0.00000200. The summed E-state index contributed by atoms with van der Waals surface area (Å²) in [4.78, 5) is 1.40. The van der Waals surface area contributed by atoms with Crippen molar-refractivity contribution in [2.75, 3.05) is 26.2 Å². The zero-order chi connectivity index (χ0) is 14.0. The second kappa shape index (κ2) is 8.65. The second-order valence-corrected chi connectivity index (χ2v) is 5.31. The van der Waals surface area contributed by atoms with Crippen molar-refractivity contribution in [1.29, 1.82) is 0 Å². The molecule has 1 N–H and O–H groups in total. The molecule has 1 aromatic rings. The van der Waals surface area contributed by atoms with Gasteiger partial charge in [0.05, 0.1) is 0 Å². The first-order valence-corrected chi connectivity index (χ1v) is 6.61. The summed E-state index contributed by atoms with van der Waals surface area (Å²) in [6.07, 6.45) is -4.36. The Morgan fingerprint density at radius 1 is 1.00 bits per heavy atom. The maximum absolute atomic E-state index is 13.3. The van der Waals surface area contributed by atoms with Gasteiger partial charge < -0.3 is 5.32 Å². The summed E-state index contributed by atoms with van der Waals surface area (Å²) >= 11 is 11.6. The van der Waals surface area contributed by atoms with Gasteiger partial charge in [0.2, 0.25) is 0 Å². The number of benzene rings is 1. The van der Waals surface area contributed by atoms with Crippen LogP contribution >= 0.6 is 48.0 Å². The lowest BCUT2D eigenvalue weighted by Crippen LogP contribution is -2.49. The van der Waals surface area contributed by atoms with Gasteiger partial charge in [0.1, 0.15) is 6.04 Å². The molecule has 9 heteroatoms. The first-order chi connectivity index (χ1) is 8.88. The van der Waals surface area contributed by atoms with E-state index in [0.29, 0.717) is 26.2 Å². The molecular weight excluding hydrogens is 371 g/mol. The number of alkyl halides is 3. The molecule has 0 aromatic heterocycles. The summed E-state index contributed by atoms with van der Waals surface area (Å²) in [6, 6.07) is 2.42. The largest absolute Gasteiger partial charge is 0.408 e. The summed E-state index contributed by atoms with van der Waals surface area (Å²) < 4.78 is 39.9. The van der Waals surface area contributed by atoms with Crippen molar-refractivity contribution in [2.24, 2.45) is 0 Å². The average molecular weight is 386 g/mol. The van der Waals surface area contributed by atoms with Crippen molar-refractivity contribution >= 4 is 48.0 Å². The lowest BCUT2D eigenvalue weighted by Gasteiger charge is -2.36. The Bertz CT molecular complexity index is 430. The average Bonchev–Trinajstić information content (AvgIpc) is 2.27. The molecule has 1 saturated heterocycles. The minimum atomic E-state index is -4.36. The first-order valence-electron chi connectivity index (χ1n) is 5.85. The third kappa shape index (κ3) is 5.66. The highest BCUT2D eigenvalue weighted by Crippen LogP contribution is 2.39. The molecule has 1 heterocycles. The fourth-order valence-electron chi connectivity index (χ4n) is 2.28. The van der Waals surface area contributed by atoms with E-state index in [1.165, 1.54) is 23.1 Å². The van der Waals surface area contributed by atoms with Crippen LogP contribution in [0, 0.1) is 0 Å². The van der Waals surface area contributed by atoms with E-state index in [4.69, 9.17) is 23.2 Å². The molecule has 1 aromatic carbocycles. The monoisotopic (exact) mass is 384 g/mol. The van der Waals surface area contributed by atoms with Crippen LogP contribution in [0.15, 0.2) is 18.2 Å². The summed E-state index contributed by atoms with van der Waals surface area (Å²) in [6.45, 7) is 1.77. The molecular formula is C12H15Cl4F3N2. The number of halogens is 7. The molecule has 21 heavy (non-hydrogen) atoms. The van der Waals surface area contributed by atoms with Gasteiger partial charge in [-0.1, -0.05) is 23.2 Å². The summed E-state index contributed by atoms with van der Waals surface area (Å²) in [5.41, 5.74) is 0.0897. The molecule has 1 aliphatic rings. The van der Waals surface area contributed by atoms with Crippen LogP contribution in [0.3, 0.4) is 0 Å².